The number of aryl methyl sites for hydroxylation is 1. The lowest BCUT2D eigenvalue weighted by Crippen LogP contribution is -2.49. The molecule has 0 bridgehead atoms. The number of amides is 2. The lowest BCUT2D eigenvalue weighted by molar-refractivity contribution is 0.155. The molecule has 8 heteroatoms. The summed E-state index contributed by atoms with van der Waals surface area (Å²) in [5.41, 5.74) is 1.81. The van der Waals surface area contributed by atoms with Gasteiger partial charge in [0.1, 0.15) is 0 Å². The Morgan fingerprint density at radius 3 is 2.39 bits per heavy atom. The van der Waals surface area contributed by atoms with E-state index in [0.717, 1.165) is 50.4 Å². The Kier molecular flexibility index (Phi) is 6.18. The summed E-state index contributed by atoms with van der Waals surface area (Å²) < 4.78 is 5.41. The van der Waals surface area contributed by atoms with E-state index in [9.17, 15) is 4.79 Å². The van der Waals surface area contributed by atoms with Gasteiger partial charge in [0, 0.05) is 45.3 Å². The van der Waals surface area contributed by atoms with Gasteiger partial charge in [-0.2, -0.15) is 4.98 Å². The van der Waals surface area contributed by atoms with E-state index in [1.165, 1.54) is 0 Å². The molecule has 2 aliphatic rings. The number of carbonyl (C=O) groups is 1. The predicted octanol–water partition coefficient (Wildman–Crippen LogP) is 3.49. The third kappa shape index (κ3) is 4.69. The van der Waals surface area contributed by atoms with Crippen LogP contribution in [0.5, 0.6) is 0 Å². The molecule has 3 heterocycles. The SMILES string of the molecule is Cc1noc(C2(C)CCN(C(=O)Nc3ccccc3N3CCN(C(C)C)CC3)CC2)n1. The van der Waals surface area contributed by atoms with E-state index in [1.807, 2.05) is 30.0 Å². The van der Waals surface area contributed by atoms with Crippen molar-refractivity contribution in [1.82, 2.24) is 19.9 Å². The second-order valence-electron chi connectivity index (χ2n) is 9.26. The van der Waals surface area contributed by atoms with Gasteiger partial charge in [-0.3, -0.25) is 4.90 Å². The summed E-state index contributed by atoms with van der Waals surface area (Å²) in [6, 6.07) is 8.64. The molecular weight excluding hydrogens is 392 g/mol. The minimum atomic E-state index is -0.175. The molecule has 0 unspecified atom stereocenters. The van der Waals surface area contributed by atoms with Gasteiger partial charge in [0.2, 0.25) is 5.89 Å². The van der Waals surface area contributed by atoms with Gasteiger partial charge in [0.15, 0.2) is 5.82 Å². The van der Waals surface area contributed by atoms with Crippen LogP contribution in [0, 0.1) is 6.92 Å². The first kappa shape index (κ1) is 21.6. The van der Waals surface area contributed by atoms with Gasteiger partial charge in [0.25, 0.3) is 0 Å². The highest BCUT2D eigenvalue weighted by Gasteiger charge is 2.38. The number of urea groups is 1. The highest BCUT2D eigenvalue weighted by Crippen LogP contribution is 2.34. The number of rotatable bonds is 4. The number of nitrogens with zero attached hydrogens (tertiary/aromatic N) is 5. The van der Waals surface area contributed by atoms with Crippen molar-refractivity contribution in [1.29, 1.82) is 0 Å². The highest BCUT2D eigenvalue weighted by molar-refractivity contribution is 5.93. The first-order chi connectivity index (χ1) is 14.9. The molecule has 0 radical (unpaired) electrons. The van der Waals surface area contributed by atoms with Gasteiger partial charge in [-0.25, -0.2) is 4.79 Å². The molecule has 2 fully saturated rings. The van der Waals surface area contributed by atoms with Gasteiger partial charge in [0.05, 0.1) is 16.8 Å². The van der Waals surface area contributed by atoms with Crippen LogP contribution < -0.4 is 10.2 Å². The molecule has 8 nitrogen and oxygen atoms in total. The molecule has 168 valence electrons. The molecule has 0 spiro atoms. The second kappa shape index (κ2) is 8.86. The number of para-hydroxylation sites is 2. The topological polar surface area (TPSA) is 77.7 Å². The predicted molar refractivity (Wildman–Crippen MR) is 122 cm³/mol. The summed E-state index contributed by atoms with van der Waals surface area (Å²) in [6.45, 7) is 13.8. The Labute approximate surface area is 184 Å². The van der Waals surface area contributed by atoms with Crippen molar-refractivity contribution < 1.29 is 9.32 Å². The molecular formula is C23H34N6O2. The van der Waals surface area contributed by atoms with E-state index in [1.54, 1.807) is 0 Å². The van der Waals surface area contributed by atoms with Crippen LogP contribution in [-0.4, -0.2) is 71.3 Å². The summed E-state index contributed by atoms with van der Waals surface area (Å²) >= 11 is 0. The van der Waals surface area contributed by atoms with E-state index < -0.39 is 0 Å². The van der Waals surface area contributed by atoms with E-state index in [4.69, 9.17) is 4.52 Å². The average molecular weight is 427 g/mol. The van der Waals surface area contributed by atoms with E-state index in [2.05, 4.69) is 52.1 Å². The zero-order valence-corrected chi connectivity index (χ0v) is 19.1. The van der Waals surface area contributed by atoms with E-state index in [-0.39, 0.29) is 11.4 Å². The van der Waals surface area contributed by atoms with Crippen molar-refractivity contribution in [2.75, 3.05) is 49.5 Å². The second-order valence-corrected chi connectivity index (χ2v) is 9.26. The molecule has 0 aliphatic carbocycles. The zero-order valence-electron chi connectivity index (χ0n) is 19.1. The van der Waals surface area contributed by atoms with Crippen LogP contribution in [0.2, 0.25) is 0 Å². The van der Waals surface area contributed by atoms with Crippen molar-refractivity contribution in [3.8, 4) is 0 Å². The highest BCUT2D eigenvalue weighted by atomic mass is 16.5. The van der Waals surface area contributed by atoms with Crippen LogP contribution >= 0.6 is 0 Å². The summed E-state index contributed by atoms with van der Waals surface area (Å²) in [5.74, 6) is 1.33. The number of piperidine rings is 1. The van der Waals surface area contributed by atoms with Crippen LogP contribution in [0.4, 0.5) is 16.2 Å². The van der Waals surface area contributed by atoms with Crippen molar-refractivity contribution in [2.24, 2.45) is 0 Å². The van der Waals surface area contributed by atoms with E-state index in [0.29, 0.717) is 30.8 Å². The Hall–Kier alpha value is -2.61. The summed E-state index contributed by atoms with van der Waals surface area (Å²) in [6.07, 6.45) is 1.61. The third-order valence-corrected chi connectivity index (χ3v) is 6.73. The Balaban J connectivity index is 1.38. The maximum absolute atomic E-state index is 13.0. The quantitative estimate of drug-likeness (QED) is 0.806. The molecule has 0 atom stereocenters. The molecule has 0 saturated carbocycles. The van der Waals surface area contributed by atoms with Crippen molar-refractivity contribution in [2.45, 2.75) is 52.0 Å². The van der Waals surface area contributed by atoms with Gasteiger partial charge in [-0.1, -0.05) is 24.2 Å². The largest absolute Gasteiger partial charge is 0.367 e. The lowest BCUT2D eigenvalue weighted by atomic mass is 9.80. The fourth-order valence-corrected chi connectivity index (χ4v) is 4.49. The molecule has 31 heavy (non-hydrogen) atoms. The van der Waals surface area contributed by atoms with Crippen molar-refractivity contribution in [3.05, 3.63) is 36.0 Å². The van der Waals surface area contributed by atoms with Crippen LogP contribution in [0.1, 0.15) is 45.3 Å². The number of hydrogen-bond acceptors (Lipinski definition) is 6. The fraction of sp³-hybridized carbons (Fsp3) is 0.609. The Morgan fingerprint density at radius 1 is 1.10 bits per heavy atom. The van der Waals surface area contributed by atoms with Gasteiger partial charge < -0.3 is 19.6 Å². The number of anilines is 2. The molecule has 2 saturated heterocycles. The number of nitrogens with one attached hydrogen (secondary N) is 1. The molecule has 2 aromatic rings. The molecule has 2 amide bonds. The minimum absolute atomic E-state index is 0.0444. The minimum Gasteiger partial charge on any atom is -0.367 e. The van der Waals surface area contributed by atoms with Crippen LogP contribution in [0.25, 0.3) is 0 Å². The Morgan fingerprint density at radius 2 is 1.77 bits per heavy atom. The fourth-order valence-electron chi connectivity index (χ4n) is 4.49. The molecule has 1 aromatic carbocycles. The summed E-state index contributed by atoms with van der Waals surface area (Å²) in [4.78, 5) is 24.2. The standard InChI is InChI=1S/C23H34N6O2/c1-17(2)27-13-15-28(16-14-27)20-8-6-5-7-19(20)25-22(30)29-11-9-23(4,10-12-29)21-24-18(3)26-31-21/h5-8,17H,9-16H2,1-4H3,(H,25,30). The number of carbonyl (C=O) groups excluding carboxylic acids is 1. The summed E-state index contributed by atoms with van der Waals surface area (Å²) in [7, 11) is 0. The van der Waals surface area contributed by atoms with Crippen LogP contribution in [0.15, 0.2) is 28.8 Å². The number of piperazine rings is 1. The van der Waals surface area contributed by atoms with Crippen molar-refractivity contribution in [3.63, 3.8) is 0 Å². The molecule has 1 aromatic heterocycles. The number of hydrogen-bond donors (Lipinski definition) is 1. The number of benzene rings is 1. The van der Waals surface area contributed by atoms with Crippen LogP contribution in [0.3, 0.4) is 0 Å². The monoisotopic (exact) mass is 426 g/mol. The zero-order chi connectivity index (χ0) is 22.0. The first-order valence-corrected chi connectivity index (χ1v) is 11.3. The number of likely N-dealkylation sites (tertiary alicyclic amines) is 1. The Bertz CT molecular complexity index is 895. The van der Waals surface area contributed by atoms with Crippen molar-refractivity contribution >= 4 is 17.4 Å². The summed E-state index contributed by atoms with van der Waals surface area (Å²) in [5, 5.41) is 7.09. The molecule has 1 N–H and O–H groups in total. The first-order valence-electron chi connectivity index (χ1n) is 11.3. The molecule has 2 aliphatic heterocycles. The maximum atomic E-state index is 13.0. The van der Waals surface area contributed by atoms with Gasteiger partial charge >= 0.3 is 6.03 Å². The third-order valence-electron chi connectivity index (χ3n) is 6.73. The van der Waals surface area contributed by atoms with Gasteiger partial charge in [-0.05, 0) is 45.7 Å². The maximum Gasteiger partial charge on any atom is 0.321 e. The molecule has 4 rings (SSSR count). The lowest BCUT2D eigenvalue weighted by Gasteiger charge is -2.39. The van der Waals surface area contributed by atoms with Crippen LogP contribution in [-0.2, 0) is 5.41 Å². The number of aromatic nitrogens is 2. The van der Waals surface area contributed by atoms with E-state index >= 15 is 0 Å². The smallest absolute Gasteiger partial charge is 0.321 e. The average Bonchev–Trinajstić information content (AvgIpc) is 3.22. The van der Waals surface area contributed by atoms with Gasteiger partial charge in [-0.15, -0.1) is 0 Å². The normalized spacial score (nSPS) is 19.6.